The zero-order chi connectivity index (χ0) is 11.4. The molecule has 0 unspecified atom stereocenters. The van der Waals surface area contributed by atoms with Crippen molar-refractivity contribution in [3.05, 3.63) is 0 Å². The van der Waals surface area contributed by atoms with Crippen molar-refractivity contribution >= 4 is 5.97 Å². The maximum atomic E-state index is 9.93. The zero-order valence-electron chi connectivity index (χ0n) is 8.99. The summed E-state index contributed by atoms with van der Waals surface area (Å²) in [5.74, 6) is -1.22. The van der Waals surface area contributed by atoms with Crippen LogP contribution in [0.25, 0.3) is 0 Å². The lowest BCUT2D eigenvalue weighted by atomic mass is 10.6. The minimum atomic E-state index is -1.22. The standard InChI is InChI=1S/C9H19NO5/c1-10-2-3-13-4-5-14-6-7-15-8-9(11)12/h10H,2-8H2,1H3,(H,11,12)/p-1. The quantitative estimate of drug-likeness (QED) is 0.406. The van der Waals surface area contributed by atoms with Crippen LogP contribution in [0.4, 0.5) is 0 Å². The second-order valence-electron chi connectivity index (χ2n) is 2.75. The molecule has 0 saturated carbocycles. The number of carboxylic acids is 1. The van der Waals surface area contributed by atoms with E-state index in [-0.39, 0.29) is 13.2 Å². The highest BCUT2D eigenvalue weighted by Gasteiger charge is 1.91. The summed E-state index contributed by atoms with van der Waals surface area (Å²) < 4.78 is 15.0. The second kappa shape index (κ2) is 11.4. The highest BCUT2D eigenvalue weighted by molar-refractivity contribution is 5.65. The molecule has 6 heteroatoms. The number of likely N-dealkylation sites (N-methyl/N-ethyl adjacent to an activating group) is 1. The molecule has 1 N–H and O–H groups in total. The van der Waals surface area contributed by atoms with Crippen molar-refractivity contribution in [1.82, 2.24) is 5.32 Å². The fraction of sp³-hybridized carbons (Fsp3) is 0.889. The summed E-state index contributed by atoms with van der Waals surface area (Å²) >= 11 is 0. The Hall–Kier alpha value is -0.690. The summed E-state index contributed by atoms with van der Waals surface area (Å²) in [6, 6.07) is 0. The van der Waals surface area contributed by atoms with Crippen LogP contribution in [0, 0.1) is 0 Å². The van der Waals surface area contributed by atoms with Crippen LogP contribution in [0.5, 0.6) is 0 Å². The van der Waals surface area contributed by atoms with E-state index in [4.69, 9.17) is 14.2 Å². The molecule has 0 atom stereocenters. The van der Waals surface area contributed by atoms with Crippen molar-refractivity contribution in [2.24, 2.45) is 0 Å². The molecule has 0 saturated heterocycles. The summed E-state index contributed by atoms with van der Waals surface area (Å²) in [7, 11) is 1.86. The first-order valence-electron chi connectivity index (χ1n) is 4.85. The molecule has 6 nitrogen and oxygen atoms in total. The smallest absolute Gasteiger partial charge is 0.0862 e. The minimum absolute atomic E-state index is 0.254. The Morgan fingerprint density at radius 1 is 1.07 bits per heavy atom. The number of aliphatic carboxylic acids is 1. The van der Waals surface area contributed by atoms with Crippen LogP contribution in [0.15, 0.2) is 0 Å². The number of ether oxygens (including phenoxy) is 3. The predicted octanol–water partition coefficient (Wildman–Crippen LogP) is -1.99. The van der Waals surface area contributed by atoms with Gasteiger partial charge in [-0.1, -0.05) is 0 Å². The summed E-state index contributed by atoms with van der Waals surface area (Å²) in [6.07, 6.45) is 0. The van der Waals surface area contributed by atoms with Gasteiger partial charge in [-0.3, -0.25) is 0 Å². The van der Waals surface area contributed by atoms with Crippen LogP contribution >= 0.6 is 0 Å². The lowest BCUT2D eigenvalue weighted by Gasteiger charge is -2.06. The van der Waals surface area contributed by atoms with Crippen molar-refractivity contribution in [3.8, 4) is 0 Å². The number of hydrogen-bond donors (Lipinski definition) is 1. The number of carbonyl (C=O) groups is 1. The molecule has 0 rings (SSSR count). The molecule has 15 heavy (non-hydrogen) atoms. The highest BCUT2D eigenvalue weighted by Crippen LogP contribution is 1.80. The average Bonchev–Trinajstić information content (AvgIpc) is 2.20. The maximum Gasteiger partial charge on any atom is 0.0862 e. The largest absolute Gasteiger partial charge is 0.548 e. The van der Waals surface area contributed by atoms with E-state index in [9.17, 15) is 9.90 Å². The summed E-state index contributed by atoms with van der Waals surface area (Å²) in [5, 5.41) is 12.9. The monoisotopic (exact) mass is 220 g/mol. The molecule has 0 aliphatic rings. The van der Waals surface area contributed by atoms with E-state index >= 15 is 0 Å². The number of carbonyl (C=O) groups excluding carboxylic acids is 1. The number of hydrogen-bond acceptors (Lipinski definition) is 6. The average molecular weight is 220 g/mol. The third-order valence-electron chi connectivity index (χ3n) is 1.46. The van der Waals surface area contributed by atoms with E-state index in [1.165, 1.54) is 0 Å². The summed E-state index contributed by atoms with van der Waals surface area (Å²) in [4.78, 5) is 9.93. The van der Waals surface area contributed by atoms with Gasteiger partial charge < -0.3 is 29.4 Å². The maximum absolute atomic E-state index is 9.93. The Bertz CT molecular complexity index is 153. The molecule has 0 bridgehead atoms. The predicted molar refractivity (Wildman–Crippen MR) is 51.4 cm³/mol. The van der Waals surface area contributed by atoms with Gasteiger partial charge in [0.1, 0.15) is 0 Å². The van der Waals surface area contributed by atoms with Gasteiger partial charge in [0.25, 0.3) is 0 Å². The summed E-state index contributed by atoms with van der Waals surface area (Å²) in [5.41, 5.74) is 0. The minimum Gasteiger partial charge on any atom is -0.548 e. The van der Waals surface area contributed by atoms with Gasteiger partial charge in [0.15, 0.2) is 0 Å². The van der Waals surface area contributed by atoms with E-state index in [1.54, 1.807) is 0 Å². The van der Waals surface area contributed by atoms with Gasteiger partial charge in [-0.25, -0.2) is 0 Å². The molecule has 0 aromatic rings. The first kappa shape index (κ1) is 14.3. The van der Waals surface area contributed by atoms with Crippen LogP contribution in [-0.4, -0.2) is 59.2 Å². The first-order chi connectivity index (χ1) is 7.27. The zero-order valence-corrected chi connectivity index (χ0v) is 8.99. The van der Waals surface area contributed by atoms with E-state index < -0.39 is 5.97 Å². The number of nitrogens with one attached hydrogen (secondary N) is 1. The van der Waals surface area contributed by atoms with E-state index in [2.05, 4.69) is 5.32 Å². The molecular weight excluding hydrogens is 202 g/mol. The third-order valence-corrected chi connectivity index (χ3v) is 1.46. The van der Waals surface area contributed by atoms with E-state index in [0.717, 1.165) is 6.54 Å². The Balaban J connectivity index is 2.89. The fourth-order valence-electron chi connectivity index (χ4n) is 0.770. The van der Waals surface area contributed by atoms with Crippen molar-refractivity contribution < 1.29 is 24.1 Å². The Morgan fingerprint density at radius 3 is 2.13 bits per heavy atom. The van der Waals surface area contributed by atoms with Gasteiger partial charge in [-0.15, -0.1) is 0 Å². The van der Waals surface area contributed by atoms with Gasteiger partial charge in [0.2, 0.25) is 0 Å². The third kappa shape index (κ3) is 13.3. The molecule has 0 amide bonds. The molecule has 0 aliphatic carbocycles. The normalized spacial score (nSPS) is 10.5. The topological polar surface area (TPSA) is 79.8 Å². The van der Waals surface area contributed by atoms with Crippen molar-refractivity contribution in [1.29, 1.82) is 0 Å². The van der Waals surface area contributed by atoms with Crippen molar-refractivity contribution in [2.45, 2.75) is 0 Å². The van der Waals surface area contributed by atoms with E-state index in [1.807, 2.05) is 7.05 Å². The molecule has 0 spiro atoms. The van der Waals surface area contributed by atoms with Crippen molar-refractivity contribution in [2.75, 3.05) is 53.2 Å². The molecule has 0 aromatic carbocycles. The fourth-order valence-corrected chi connectivity index (χ4v) is 0.770. The SMILES string of the molecule is CNCCOCCOCCOCC(=O)[O-]. The molecule has 0 aliphatic heterocycles. The molecule has 0 radical (unpaired) electrons. The second-order valence-corrected chi connectivity index (χ2v) is 2.75. The first-order valence-corrected chi connectivity index (χ1v) is 4.85. The van der Waals surface area contributed by atoms with Crippen LogP contribution in [0.2, 0.25) is 0 Å². The number of carboxylic acid groups (broad SMARTS) is 1. The molecule has 90 valence electrons. The highest BCUT2D eigenvalue weighted by atomic mass is 16.5. The molecule has 0 heterocycles. The van der Waals surface area contributed by atoms with Crippen LogP contribution < -0.4 is 10.4 Å². The Morgan fingerprint density at radius 2 is 1.60 bits per heavy atom. The van der Waals surface area contributed by atoms with Crippen LogP contribution in [0.1, 0.15) is 0 Å². The summed E-state index contributed by atoms with van der Waals surface area (Å²) in [6.45, 7) is 2.71. The Kier molecular flexibility index (Phi) is 10.9. The van der Waals surface area contributed by atoms with Crippen LogP contribution in [-0.2, 0) is 19.0 Å². The van der Waals surface area contributed by atoms with Gasteiger partial charge in [-0.2, -0.15) is 0 Å². The van der Waals surface area contributed by atoms with Gasteiger partial charge in [-0.05, 0) is 7.05 Å². The van der Waals surface area contributed by atoms with Gasteiger partial charge in [0, 0.05) is 6.54 Å². The van der Waals surface area contributed by atoms with E-state index in [0.29, 0.717) is 26.4 Å². The molecular formula is C9H18NO5-. The number of rotatable bonds is 11. The van der Waals surface area contributed by atoms with Gasteiger partial charge in [0.05, 0.1) is 45.6 Å². The lowest BCUT2D eigenvalue weighted by molar-refractivity contribution is -0.309. The molecule has 0 aromatic heterocycles. The Labute approximate surface area is 89.5 Å². The lowest BCUT2D eigenvalue weighted by Crippen LogP contribution is -2.28. The van der Waals surface area contributed by atoms with Gasteiger partial charge >= 0.3 is 0 Å². The molecule has 0 fully saturated rings. The van der Waals surface area contributed by atoms with Crippen molar-refractivity contribution in [3.63, 3.8) is 0 Å². The van der Waals surface area contributed by atoms with Crippen LogP contribution in [0.3, 0.4) is 0 Å².